The highest BCUT2D eigenvalue weighted by atomic mass is 16.5. The van der Waals surface area contributed by atoms with E-state index >= 15 is 4.79 Å². The van der Waals surface area contributed by atoms with Gasteiger partial charge in [-0.25, -0.2) is 0 Å². The predicted molar refractivity (Wildman–Crippen MR) is 147 cm³/mol. The third-order valence-electron chi connectivity index (χ3n) is 12.3. The van der Waals surface area contributed by atoms with Crippen LogP contribution in [0.3, 0.4) is 0 Å². The number of Topliss-reactive ketones (excluding diaryl/α,β-unsaturated/α-hetero) is 1. The number of allylic oxidation sites excluding steroid dienone is 1. The smallest absolute Gasteiger partial charge is 0.236 e. The standard InChI is InChI=1S/C33H43NO5/c1-16-11-17(2)25-27-23-24(32(25,5)13-16)18(3)14-31(4)22(35)15-33(28(36)26(23)31)29(38-6)21(34-30(33)37)12-19-7-9-20(39-27)10-8-19/h7-10,14,16-17,21-27,29,35H,11-13,15H2,1-6H3,(H,34,37)/t16-,17+,21?,22-,23+,24-,25+,26+,27+,29-,31-,32+,33-/m1/s1. The Morgan fingerprint density at radius 1 is 1.08 bits per heavy atom. The topological polar surface area (TPSA) is 84.9 Å². The summed E-state index contributed by atoms with van der Waals surface area (Å²) in [5, 5.41) is 15.1. The molecule has 6 nitrogen and oxygen atoms in total. The molecule has 210 valence electrons. The highest BCUT2D eigenvalue weighted by Crippen LogP contribution is 2.70. The Labute approximate surface area is 231 Å². The number of ether oxygens (including phenoxy) is 2. The van der Waals surface area contributed by atoms with Crippen molar-refractivity contribution in [1.82, 2.24) is 5.32 Å². The van der Waals surface area contributed by atoms with Crippen LogP contribution in [0, 0.1) is 51.8 Å². The second kappa shape index (κ2) is 8.19. The third kappa shape index (κ3) is 3.11. The predicted octanol–water partition coefficient (Wildman–Crippen LogP) is 4.34. The zero-order valence-corrected chi connectivity index (χ0v) is 24.1. The number of carbonyl (C=O) groups excluding carboxylic acids is 2. The summed E-state index contributed by atoms with van der Waals surface area (Å²) in [7, 11) is 1.60. The van der Waals surface area contributed by atoms with Crippen LogP contribution in [-0.2, 0) is 20.7 Å². The molecule has 1 saturated heterocycles. The number of aliphatic hydroxyl groups excluding tert-OH is 1. The number of benzene rings is 1. The first-order chi connectivity index (χ1) is 18.5. The number of nitrogens with one attached hydrogen (secondary N) is 1. The summed E-state index contributed by atoms with van der Waals surface area (Å²) < 4.78 is 13.1. The molecule has 39 heavy (non-hydrogen) atoms. The number of rotatable bonds is 1. The van der Waals surface area contributed by atoms with Gasteiger partial charge in [-0.15, -0.1) is 0 Å². The summed E-state index contributed by atoms with van der Waals surface area (Å²) in [6, 6.07) is 7.92. The number of ketones is 1. The molecule has 3 saturated carbocycles. The van der Waals surface area contributed by atoms with Crippen molar-refractivity contribution >= 4 is 11.7 Å². The molecule has 1 spiro atoms. The summed E-state index contributed by atoms with van der Waals surface area (Å²) in [5.41, 5.74) is 0.107. The average molecular weight is 534 g/mol. The van der Waals surface area contributed by atoms with Crippen LogP contribution in [0.1, 0.15) is 59.4 Å². The van der Waals surface area contributed by atoms with Crippen LogP contribution in [0.15, 0.2) is 35.9 Å². The normalized spacial score (nSPS) is 51.6. The number of aliphatic hydroxyl groups is 1. The molecule has 4 fully saturated rings. The number of amides is 1. The fourth-order valence-electron chi connectivity index (χ4n) is 11.4. The minimum atomic E-state index is -1.40. The summed E-state index contributed by atoms with van der Waals surface area (Å²) >= 11 is 0. The first-order valence-electron chi connectivity index (χ1n) is 15.0. The lowest BCUT2D eigenvalue weighted by atomic mass is 9.46. The van der Waals surface area contributed by atoms with Crippen LogP contribution in [0.4, 0.5) is 0 Å². The molecule has 3 aliphatic heterocycles. The van der Waals surface area contributed by atoms with Gasteiger partial charge < -0.3 is 19.9 Å². The molecule has 1 amide bonds. The molecule has 6 heteroatoms. The minimum absolute atomic E-state index is 0.0394. The van der Waals surface area contributed by atoms with E-state index < -0.39 is 29.0 Å². The number of carbonyl (C=O) groups is 2. The van der Waals surface area contributed by atoms with Crippen molar-refractivity contribution in [2.75, 3.05) is 7.11 Å². The van der Waals surface area contributed by atoms with Crippen LogP contribution in [0.2, 0.25) is 0 Å². The quantitative estimate of drug-likeness (QED) is 0.414. The van der Waals surface area contributed by atoms with Crippen molar-refractivity contribution < 1.29 is 24.2 Å². The van der Waals surface area contributed by atoms with E-state index in [1.807, 2.05) is 6.92 Å². The van der Waals surface area contributed by atoms with Gasteiger partial charge in [0.15, 0.2) is 5.78 Å². The first kappa shape index (κ1) is 25.8. The minimum Gasteiger partial charge on any atom is -0.490 e. The SMILES string of the molecule is CO[C@@H]1C2Cc3ccc(cc3)O[C@H]3[C@@H]4[C@H]5C(=O)[C@@]1(C[C@@H](O)[C@@]5(C)C=C(C)[C@H]4[C@]1(C)C[C@H](C)C[C@H](C)[C@@H]31)C(=O)N2. The van der Waals surface area contributed by atoms with Gasteiger partial charge in [-0.05, 0) is 73.5 Å². The third-order valence-corrected chi connectivity index (χ3v) is 12.3. The second-order valence-electron chi connectivity index (χ2n) is 14.6. The lowest BCUT2D eigenvalue weighted by Gasteiger charge is -2.56. The average Bonchev–Trinajstić information content (AvgIpc) is 3.26. The van der Waals surface area contributed by atoms with Crippen LogP contribution < -0.4 is 10.1 Å². The molecule has 0 radical (unpaired) electrons. The maximum atomic E-state index is 15.1. The number of fused-ring (bicyclic) bond motifs is 4. The van der Waals surface area contributed by atoms with Gasteiger partial charge in [0.1, 0.15) is 17.3 Å². The van der Waals surface area contributed by atoms with Crippen molar-refractivity contribution in [2.45, 2.75) is 84.7 Å². The Morgan fingerprint density at radius 3 is 2.49 bits per heavy atom. The van der Waals surface area contributed by atoms with Crippen LogP contribution in [0.5, 0.6) is 5.75 Å². The molecular formula is C33H43NO5. The van der Waals surface area contributed by atoms with E-state index in [1.165, 1.54) is 5.57 Å². The highest BCUT2D eigenvalue weighted by Gasteiger charge is 2.75. The molecule has 7 aliphatic rings. The molecule has 3 heterocycles. The Bertz CT molecular complexity index is 1260. The van der Waals surface area contributed by atoms with E-state index in [-0.39, 0.29) is 53.4 Å². The van der Waals surface area contributed by atoms with Gasteiger partial charge in [-0.1, -0.05) is 51.5 Å². The van der Waals surface area contributed by atoms with Crippen LogP contribution in [0.25, 0.3) is 0 Å². The van der Waals surface area contributed by atoms with E-state index in [1.54, 1.807) is 7.11 Å². The molecule has 13 atom stereocenters. The molecule has 1 aromatic rings. The zero-order chi connectivity index (χ0) is 27.6. The number of hydrogen-bond acceptors (Lipinski definition) is 5. The summed E-state index contributed by atoms with van der Waals surface area (Å²) in [4.78, 5) is 29.1. The Morgan fingerprint density at radius 2 is 1.79 bits per heavy atom. The first-order valence-corrected chi connectivity index (χ1v) is 15.0. The van der Waals surface area contributed by atoms with E-state index in [9.17, 15) is 9.90 Å². The van der Waals surface area contributed by atoms with E-state index in [0.717, 1.165) is 24.2 Å². The lowest BCUT2D eigenvalue weighted by molar-refractivity contribution is -0.176. The molecule has 5 bridgehead atoms. The van der Waals surface area contributed by atoms with E-state index in [4.69, 9.17) is 9.47 Å². The fraction of sp³-hybridized carbons (Fsp3) is 0.697. The maximum Gasteiger partial charge on any atom is 0.236 e. The Kier molecular flexibility index (Phi) is 5.41. The van der Waals surface area contributed by atoms with E-state index in [0.29, 0.717) is 18.3 Å². The van der Waals surface area contributed by atoms with Crippen molar-refractivity contribution in [3.05, 3.63) is 41.5 Å². The number of hydrogen-bond donors (Lipinski definition) is 2. The van der Waals surface area contributed by atoms with Gasteiger partial charge >= 0.3 is 0 Å². The maximum absolute atomic E-state index is 15.1. The summed E-state index contributed by atoms with van der Waals surface area (Å²) in [6.45, 7) is 11.4. The molecule has 0 aromatic heterocycles. The molecule has 8 rings (SSSR count). The largest absolute Gasteiger partial charge is 0.490 e. The van der Waals surface area contributed by atoms with E-state index in [2.05, 4.69) is 63.4 Å². The molecule has 1 aromatic carbocycles. The number of methoxy groups -OCH3 is 1. The Hall–Kier alpha value is -2.18. The highest BCUT2D eigenvalue weighted by molar-refractivity contribution is 6.11. The molecule has 4 aliphatic carbocycles. The zero-order valence-electron chi connectivity index (χ0n) is 24.1. The monoisotopic (exact) mass is 533 g/mol. The van der Waals surface area contributed by atoms with Gasteiger partial charge in [0.05, 0.1) is 18.2 Å². The van der Waals surface area contributed by atoms with Crippen molar-refractivity contribution in [1.29, 1.82) is 0 Å². The van der Waals surface area contributed by atoms with Gasteiger partial charge in [0.2, 0.25) is 5.91 Å². The fourth-order valence-corrected chi connectivity index (χ4v) is 11.4. The molecule has 2 N–H and O–H groups in total. The van der Waals surface area contributed by atoms with Gasteiger partial charge in [-0.3, -0.25) is 9.59 Å². The van der Waals surface area contributed by atoms with Crippen LogP contribution >= 0.6 is 0 Å². The Balaban J connectivity index is 1.50. The van der Waals surface area contributed by atoms with Crippen LogP contribution in [-0.4, -0.2) is 48.3 Å². The van der Waals surface area contributed by atoms with Gasteiger partial charge in [-0.2, -0.15) is 0 Å². The van der Waals surface area contributed by atoms with Crippen molar-refractivity contribution in [3.63, 3.8) is 0 Å². The van der Waals surface area contributed by atoms with Gasteiger partial charge in [0.25, 0.3) is 0 Å². The molecular weight excluding hydrogens is 490 g/mol. The lowest BCUT2D eigenvalue weighted by Crippen LogP contribution is -2.65. The molecule has 1 unspecified atom stereocenters. The second-order valence-corrected chi connectivity index (χ2v) is 14.6. The summed E-state index contributed by atoms with van der Waals surface area (Å²) in [6.07, 6.45) is 3.41. The van der Waals surface area contributed by atoms with Crippen molar-refractivity contribution in [3.8, 4) is 5.75 Å². The van der Waals surface area contributed by atoms with Crippen molar-refractivity contribution in [2.24, 2.45) is 51.8 Å². The summed E-state index contributed by atoms with van der Waals surface area (Å²) in [5.74, 6) is 1.26. The van der Waals surface area contributed by atoms with Gasteiger partial charge in [0, 0.05) is 30.3 Å².